The van der Waals surface area contributed by atoms with E-state index >= 15 is 0 Å². The number of hydrogen-bond donors (Lipinski definition) is 2. The molecule has 28 heavy (non-hydrogen) atoms. The molecule has 1 aliphatic rings. The Morgan fingerprint density at radius 2 is 0.714 bits per heavy atom. The van der Waals surface area contributed by atoms with Gasteiger partial charge in [-0.25, -0.2) is 0 Å². The molecule has 1 heterocycles. The number of unbranched alkanes of at least 4 members (excludes halogenated alkanes) is 15. The third-order valence-corrected chi connectivity index (χ3v) is 7.27. The predicted molar refractivity (Wildman–Crippen MR) is 127 cm³/mol. The SMILES string of the molecule is CCCCCCCCCCCCCCCCCCC1(C)NC(C)(C)C(C)(C)N1. The molecule has 0 aliphatic carbocycles. The maximum atomic E-state index is 3.84. The highest BCUT2D eigenvalue weighted by atomic mass is 15.3. The van der Waals surface area contributed by atoms with E-state index in [4.69, 9.17) is 0 Å². The fourth-order valence-electron chi connectivity index (χ4n) is 4.87. The minimum absolute atomic E-state index is 0.100. The Balaban J connectivity index is 1.86. The monoisotopic (exact) mass is 394 g/mol. The molecule has 0 spiro atoms. The van der Waals surface area contributed by atoms with Gasteiger partial charge in [-0.1, -0.05) is 110 Å². The minimum Gasteiger partial charge on any atom is -0.293 e. The Bertz CT molecular complexity index is 370. The van der Waals surface area contributed by atoms with Gasteiger partial charge in [-0.3, -0.25) is 10.6 Å². The number of nitrogens with one attached hydrogen (secondary N) is 2. The smallest absolute Gasteiger partial charge is 0.0667 e. The molecule has 0 unspecified atom stereocenters. The molecule has 0 bridgehead atoms. The Kier molecular flexibility index (Phi) is 12.3. The summed E-state index contributed by atoms with van der Waals surface area (Å²) in [4.78, 5) is 0. The van der Waals surface area contributed by atoms with Crippen LogP contribution < -0.4 is 10.6 Å². The van der Waals surface area contributed by atoms with Crippen LogP contribution in [0.3, 0.4) is 0 Å². The van der Waals surface area contributed by atoms with Crippen LogP contribution in [0.4, 0.5) is 0 Å². The highest BCUT2D eigenvalue weighted by molar-refractivity contribution is 5.12. The molecule has 2 heteroatoms. The third kappa shape index (κ3) is 10.1. The molecule has 2 N–H and O–H groups in total. The van der Waals surface area contributed by atoms with E-state index in [1.807, 2.05) is 0 Å². The molecule has 0 saturated carbocycles. The summed E-state index contributed by atoms with van der Waals surface area (Å²) in [5.41, 5.74) is 0.399. The lowest BCUT2D eigenvalue weighted by Crippen LogP contribution is -2.51. The predicted octanol–water partition coefficient (Wildman–Crippen LogP) is 8.10. The van der Waals surface area contributed by atoms with E-state index in [0.717, 1.165) is 0 Å². The molecule has 0 aromatic carbocycles. The first-order chi connectivity index (χ1) is 13.2. The van der Waals surface area contributed by atoms with E-state index in [1.54, 1.807) is 0 Å². The van der Waals surface area contributed by atoms with Crippen LogP contribution in [-0.4, -0.2) is 16.7 Å². The van der Waals surface area contributed by atoms with Crippen LogP contribution in [0.2, 0.25) is 0 Å². The lowest BCUT2D eigenvalue weighted by Gasteiger charge is -2.33. The molecule has 1 aliphatic heterocycles. The number of rotatable bonds is 17. The van der Waals surface area contributed by atoms with Gasteiger partial charge in [0.25, 0.3) is 0 Å². The van der Waals surface area contributed by atoms with Crippen LogP contribution >= 0.6 is 0 Å². The average molecular weight is 395 g/mol. The molecule has 0 amide bonds. The molecule has 1 fully saturated rings. The lowest BCUT2D eigenvalue weighted by atomic mass is 9.85. The zero-order valence-electron chi connectivity index (χ0n) is 20.5. The first kappa shape index (κ1) is 26.0. The van der Waals surface area contributed by atoms with Crippen molar-refractivity contribution in [1.29, 1.82) is 0 Å². The van der Waals surface area contributed by atoms with Gasteiger partial charge in [0.15, 0.2) is 0 Å². The van der Waals surface area contributed by atoms with Crippen LogP contribution in [0, 0.1) is 0 Å². The van der Waals surface area contributed by atoms with Crippen molar-refractivity contribution in [2.75, 3.05) is 0 Å². The first-order valence-electron chi connectivity index (χ1n) is 12.8. The summed E-state index contributed by atoms with van der Waals surface area (Å²) in [5.74, 6) is 0. The van der Waals surface area contributed by atoms with E-state index in [0.29, 0.717) is 0 Å². The highest BCUT2D eigenvalue weighted by Crippen LogP contribution is 2.34. The van der Waals surface area contributed by atoms with Crippen LogP contribution in [0.1, 0.15) is 151 Å². The molecule has 0 atom stereocenters. The van der Waals surface area contributed by atoms with Crippen molar-refractivity contribution in [1.82, 2.24) is 10.6 Å². The van der Waals surface area contributed by atoms with Crippen LogP contribution in [-0.2, 0) is 0 Å². The van der Waals surface area contributed by atoms with E-state index in [1.165, 1.54) is 109 Å². The third-order valence-electron chi connectivity index (χ3n) is 7.27. The zero-order valence-corrected chi connectivity index (χ0v) is 20.5. The zero-order chi connectivity index (χ0) is 20.9. The van der Waals surface area contributed by atoms with Crippen LogP contribution in [0.5, 0.6) is 0 Å². The van der Waals surface area contributed by atoms with Crippen molar-refractivity contribution >= 4 is 0 Å². The van der Waals surface area contributed by atoms with Crippen molar-refractivity contribution in [2.24, 2.45) is 0 Å². The maximum Gasteiger partial charge on any atom is 0.0667 e. The fraction of sp³-hybridized carbons (Fsp3) is 1.00. The van der Waals surface area contributed by atoms with Crippen LogP contribution in [0.15, 0.2) is 0 Å². The summed E-state index contributed by atoms with van der Waals surface area (Å²) in [6.07, 6.45) is 24.3. The van der Waals surface area contributed by atoms with Gasteiger partial charge in [0.05, 0.1) is 5.66 Å². The Morgan fingerprint density at radius 1 is 0.429 bits per heavy atom. The summed E-state index contributed by atoms with van der Waals surface area (Å²) in [6, 6.07) is 0. The van der Waals surface area contributed by atoms with E-state index in [2.05, 4.69) is 52.2 Å². The van der Waals surface area contributed by atoms with Gasteiger partial charge in [-0.15, -0.1) is 0 Å². The Labute approximate surface area is 178 Å². The molecule has 1 rings (SSSR count). The van der Waals surface area contributed by atoms with Crippen molar-refractivity contribution < 1.29 is 0 Å². The second-order valence-electron chi connectivity index (χ2n) is 10.9. The van der Waals surface area contributed by atoms with Crippen LogP contribution in [0.25, 0.3) is 0 Å². The standard InChI is InChI=1S/C26H54N2/c1-7-8-9-10-11-12-13-14-15-16-17-18-19-20-21-22-23-26(6)27-24(2,3)25(4,5)28-26/h27-28H,7-23H2,1-6H3. The van der Waals surface area contributed by atoms with Gasteiger partial charge in [-0.05, 0) is 41.0 Å². The van der Waals surface area contributed by atoms with E-state index in [9.17, 15) is 0 Å². The average Bonchev–Trinajstić information content (AvgIpc) is 2.77. The fourth-order valence-corrected chi connectivity index (χ4v) is 4.87. The van der Waals surface area contributed by atoms with E-state index < -0.39 is 0 Å². The lowest BCUT2D eigenvalue weighted by molar-refractivity contribution is 0.295. The van der Waals surface area contributed by atoms with Crippen molar-refractivity contribution in [2.45, 2.75) is 167 Å². The molecule has 1 saturated heterocycles. The van der Waals surface area contributed by atoms with Gasteiger partial charge in [0, 0.05) is 11.1 Å². The maximum absolute atomic E-state index is 3.84. The normalized spacial score (nSPS) is 19.9. The summed E-state index contributed by atoms with van der Waals surface area (Å²) in [6.45, 7) is 13.9. The quantitative estimate of drug-likeness (QED) is 0.243. The van der Waals surface area contributed by atoms with Crippen molar-refractivity contribution in [3.8, 4) is 0 Å². The van der Waals surface area contributed by atoms with Gasteiger partial charge < -0.3 is 0 Å². The largest absolute Gasteiger partial charge is 0.293 e. The van der Waals surface area contributed by atoms with Gasteiger partial charge in [-0.2, -0.15) is 0 Å². The summed E-state index contributed by atoms with van der Waals surface area (Å²) >= 11 is 0. The molecule has 0 aromatic rings. The summed E-state index contributed by atoms with van der Waals surface area (Å²) in [5, 5.41) is 7.68. The summed E-state index contributed by atoms with van der Waals surface area (Å²) < 4.78 is 0. The van der Waals surface area contributed by atoms with E-state index in [-0.39, 0.29) is 16.7 Å². The highest BCUT2D eigenvalue weighted by Gasteiger charge is 2.50. The molecule has 0 aromatic heterocycles. The van der Waals surface area contributed by atoms with Gasteiger partial charge in [0.1, 0.15) is 0 Å². The first-order valence-corrected chi connectivity index (χ1v) is 12.8. The van der Waals surface area contributed by atoms with Gasteiger partial charge >= 0.3 is 0 Å². The molecular weight excluding hydrogens is 340 g/mol. The Hall–Kier alpha value is -0.0800. The second kappa shape index (κ2) is 13.3. The molecular formula is C26H54N2. The van der Waals surface area contributed by atoms with Crippen molar-refractivity contribution in [3.63, 3.8) is 0 Å². The minimum atomic E-state index is 0.100. The topological polar surface area (TPSA) is 24.1 Å². The molecule has 0 radical (unpaired) electrons. The van der Waals surface area contributed by atoms with Gasteiger partial charge in [0.2, 0.25) is 0 Å². The number of hydrogen-bond acceptors (Lipinski definition) is 2. The molecule has 168 valence electrons. The summed E-state index contributed by atoms with van der Waals surface area (Å²) in [7, 11) is 0. The Morgan fingerprint density at radius 3 is 1.04 bits per heavy atom. The van der Waals surface area contributed by atoms with Crippen molar-refractivity contribution in [3.05, 3.63) is 0 Å². The second-order valence-corrected chi connectivity index (χ2v) is 10.9. The molecule has 2 nitrogen and oxygen atoms in total.